The van der Waals surface area contributed by atoms with Crippen LogP contribution in [0.25, 0.3) is 0 Å². The van der Waals surface area contributed by atoms with Crippen LogP contribution >= 0.6 is 0 Å². The van der Waals surface area contributed by atoms with Gasteiger partial charge in [-0.05, 0) is 38.0 Å². The van der Waals surface area contributed by atoms with Gasteiger partial charge in [0.15, 0.2) is 0 Å². The highest BCUT2D eigenvalue weighted by molar-refractivity contribution is 5.98. The molecule has 1 aliphatic rings. The standard InChI is InChI=1S/C24H32N6O4/c1-15(2)26-24(34)27-17-13-20(30(14-17)23(33)19-10-7-11-29(19)3)22(32)28-18(21(25)31)12-16-8-5-4-6-9-16/h4-11,15,17-18,20H,12-14H2,1-3H3,(H2,25,31)(H,28,32)(H2,26,27,34)/t17-,18+,20-/m0/s1. The summed E-state index contributed by atoms with van der Waals surface area (Å²) >= 11 is 0. The summed E-state index contributed by atoms with van der Waals surface area (Å²) in [4.78, 5) is 52.3. The fraction of sp³-hybridized carbons (Fsp3) is 0.417. The zero-order valence-electron chi connectivity index (χ0n) is 19.7. The van der Waals surface area contributed by atoms with Gasteiger partial charge in [-0.15, -0.1) is 0 Å². The number of likely N-dealkylation sites (tertiary alicyclic amines) is 1. The first-order valence-corrected chi connectivity index (χ1v) is 11.3. The van der Waals surface area contributed by atoms with Crippen molar-refractivity contribution >= 4 is 23.8 Å². The molecule has 1 fully saturated rings. The number of aryl methyl sites for hydroxylation is 1. The lowest BCUT2D eigenvalue weighted by Crippen LogP contribution is -2.53. The number of carbonyl (C=O) groups excluding carboxylic acids is 4. The van der Waals surface area contributed by atoms with E-state index in [4.69, 9.17) is 5.73 Å². The van der Waals surface area contributed by atoms with E-state index in [-0.39, 0.29) is 37.4 Å². The van der Waals surface area contributed by atoms with Crippen molar-refractivity contribution in [1.29, 1.82) is 0 Å². The van der Waals surface area contributed by atoms with E-state index in [2.05, 4.69) is 16.0 Å². The first-order valence-electron chi connectivity index (χ1n) is 11.3. The summed E-state index contributed by atoms with van der Waals surface area (Å²) in [7, 11) is 1.74. The van der Waals surface area contributed by atoms with Gasteiger partial charge in [-0.2, -0.15) is 0 Å². The van der Waals surface area contributed by atoms with E-state index in [9.17, 15) is 19.2 Å². The van der Waals surface area contributed by atoms with Gasteiger partial charge in [0.05, 0.1) is 6.04 Å². The molecule has 0 bridgehead atoms. The number of rotatable bonds is 8. The zero-order valence-corrected chi connectivity index (χ0v) is 19.7. The van der Waals surface area contributed by atoms with Crippen LogP contribution < -0.4 is 21.7 Å². The van der Waals surface area contributed by atoms with Crippen LogP contribution in [0.4, 0.5) is 4.79 Å². The summed E-state index contributed by atoms with van der Waals surface area (Å²) in [5.41, 5.74) is 6.82. The van der Waals surface area contributed by atoms with E-state index in [1.807, 2.05) is 44.2 Å². The smallest absolute Gasteiger partial charge is 0.315 e. The van der Waals surface area contributed by atoms with E-state index >= 15 is 0 Å². The van der Waals surface area contributed by atoms with Crippen LogP contribution in [-0.4, -0.2) is 63.9 Å². The van der Waals surface area contributed by atoms with Gasteiger partial charge < -0.3 is 31.2 Å². The molecular weight excluding hydrogens is 436 g/mol. The number of primary amides is 1. The third-order valence-electron chi connectivity index (χ3n) is 5.73. The number of amides is 5. The highest BCUT2D eigenvalue weighted by Gasteiger charge is 2.41. The lowest BCUT2D eigenvalue weighted by molar-refractivity contribution is -0.129. The van der Waals surface area contributed by atoms with Gasteiger partial charge in [0.1, 0.15) is 17.8 Å². The van der Waals surface area contributed by atoms with Crippen molar-refractivity contribution in [3.8, 4) is 0 Å². The number of carbonyl (C=O) groups is 4. The largest absolute Gasteiger partial charge is 0.368 e. The maximum atomic E-state index is 13.3. The van der Waals surface area contributed by atoms with Gasteiger partial charge in [-0.1, -0.05) is 30.3 Å². The van der Waals surface area contributed by atoms with Crippen LogP contribution in [0.1, 0.15) is 36.3 Å². The maximum Gasteiger partial charge on any atom is 0.315 e. The van der Waals surface area contributed by atoms with E-state index in [0.717, 1.165) is 5.56 Å². The Balaban J connectivity index is 1.78. The van der Waals surface area contributed by atoms with E-state index in [0.29, 0.717) is 5.69 Å². The molecule has 3 rings (SSSR count). The predicted molar refractivity (Wildman–Crippen MR) is 127 cm³/mol. The summed E-state index contributed by atoms with van der Waals surface area (Å²) < 4.78 is 1.67. The number of nitrogens with one attached hydrogen (secondary N) is 3. The van der Waals surface area contributed by atoms with Crippen LogP contribution in [0, 0.1) is 0 Å². The molecule has 0 spiro atoms. The Hall–Kier alpha value is -3.82. The molecule has 1 aromatic heterocycles. The lowest BCUT2D eigenvalue weighted by Gasteiger charge is -2.26. The lowest BCUT2D eigenvalue weighted by atomic mass is 10.0. The number of benzene rings is 1. The van der Waals surface area contributed by atoms with Crippen molar-refractivity contribution in [3.63, 3.8) is 0 Å². The molecule has 0 radical (unpaired) electrons. The minimum Gasteiger partial charge on any atom is -0.368 e. The summed E-state index contributed by atoms with van der Waals surface area (Å²) in [6.45, 7) is 3.84. The molecule has 2 aromatic rings. The molecule has 0 saturated carbocycles. The summed E-state index contributed by atoms with van der Waals surface area (Å²) in [6, 6.07) is 9.97. The van der Waals surface area contributed by atoms with E-state index in [1.165, 1.54) is 4.90 Å². The number of nitrogens with zero attached hydrogens (tertiary/aromatic N) is 2. The Morgan fingerprint density at radius 2 is 1.76 bits per heavy atom. The molecule has 1 saturated heterocycles. The minimum absolute atomic E-state index is 0.0593. The average molecular weight is 469 g/mol. The molecule has 10 nitrogen and oxygen atoms in total. The number of hydrogen-bond donors (Lipinski definition) is 4. The number of nitrogens with two attached hydrogens (primary N) is 1. The van der Waals surface area contributed by atoms with Crippen molar-refractivity contribution in [2.45, 2.75) is 50.9 Å². The minimum atomic E-state index is -0.932. The summed E-state index contributed by atoms with van der Waals surface area (Å²) in [5, 5.41) is 8.30. The molecular formula is C24H32N6O4. The van der Waals surface area contributed by atoms with Crippen LogP contribution in [0.5, 0.6) is 0 Å². The van der Waals surface area contributed by atoms with Crippen molar-refractivity contribution in [1.82, 2.24) is 25.4 Å². The first kappa shape index (κ1) is 24.8. The Morgan fingerprint density at radius 1 is 1.06 bits per heavy atom. The molecule has 1 aliphatic heterocycles. The third kappa shape index (κ3) is 6.15. The monoisotopic (exact) mass is 468 g/mol. The molecule has 2 heterocycles. The quantitative estimate of drug-likeness (QED) is 0.449. The molecule has 0 unspecified atom stereocenters. The molecule has 0 aliphatic carbocycles. The third-order valence-corrected chi connectivity index (χ3v) is 5.73. The first-order chi connectivity index (χ1) is 16.2. The van der Waals surface area contributed by atoms with Gasteiger partial charge in [-0.25, -0.2) is 4.79 Å². The Bertz CT molecular complexity index is 1040. The van der Waals surface area contributed by atoms with E-state index < -0.39 is 29.9 Å². The Morgan fingerprint density at radius 3 is 2.35 bits per heavy atom. The SMILES string of the molecule is CC(C)NC(=O)N[C@H]1C[C@@H](C(=O)N[C@H](Cc2ccccc2)C(N)=O)N(C(=O)c2cccn2C)C1. The van der Waals surface area contributed by atoms with Gasteiger partial charge in [0.2, 0.25) is 11.8 Å². The van der Waals surface area contributed by atoms with Gasteiger partial charge >= 0.3 is 6.03 Å². The van der Waals surface area contributed by atoms with Crippen LogP contribution in [0.3, 0.4) is 0 Å². The Kier molecular flexibility index (Phi) is 7.93. The van der Waals surface area contributed by atoms with Gasteiger partial charge in [0.25, 0.3) is 5.91 Å². The zero-order chi connectivity index (χ0) is 24.8. The molecule has 1 aromatic carbocycles. The highest BCUT2D eigenvalue weighted by atomic mass is 16.2. The second-order valence-corrected chi connectivity index (χ2v) is 8.84. The number of urea groups is 1. The predicted octanol–water partition coefficient (Wildman–Crippen LogP) is 0.529. The molecule has 5 amide bonds. The second kappa shape index (κ2) is 10.9. The van der Waals surface area contributed by atoms with Gasteiger partial charge in [-0.3, -0.25) is 14.4 Å². The van der Waals surface area contributed by atoms with Gasteiger partial charge in [0, 0.05) is 32.3 Å². The van der Waals surface area contributed by atoms with E-state index in [1.54, 1.807) is 29.9 Å². The number of hydrogen-bond acceptors (Lipinski definition) is 4. The fourth-order valence-corrected chi connectivity index (χ4v) is 4.07. The maximum absolute atomic E-state index is 13.3. The topological polar surface area (TPSA) is 139 Å². The van der Waals surface area contributed by atoms with Crippen LogP contribution in [0.2, 0.25) is 0 Å². The van der Waals surface area contributed by atoms with Crippen LogP contribution in [-0.2, 0) is 23.1 Å². The van der Waals surface area contributed by atoms with Crippen molar-refractivity contribution in [2.75, 3.05) is 6.54 Å². The van der Waals surface area contributed by atoms with Crippen molar-refractivity contribution in [2.24, 2.45) is 12.8 Å². The normalized spacial score (nSPS) is 18.4. The van der Waals surface area contributed by atoms with Crippen LogP contribution in [0.15, 0.2) is 48.7 Å². The molecule has 3 atom stereocenters. The average Bonchev–Trinajstić information content (AvgIpc) is 3.39. The number of aromatic nitrogens is 1. The van der Waals surface area contributed by atoms with Crippen molar-refractivity contribution < 1.29 is 19.2 Å². The molecule has 5 N–H and O–H groups in total. The summed E-state index contributed by atoms with van der Waals surface area (Å²) in [5.74, 6) is -1.49. The molecule has 182 valence electrons. The highest BCUT2D eigenvalue weighted by Crippen LogP contribution is 2.22. The molecule has 10 heteroatoms. The molecule has 34 heavy (non-hydrogen) atoms. The Labute approximate surface area is 198 Å². The second-order valence-electron chi connectivity index (χ2n) is 8.84. The fourth-order valence-electron chi connectivity index (χ4n) is 4.07. The summed E-state index contributed by atoms with van der Waals surface area (Å²) in [6.07, 6.45) is 2.19. The van der Waals surface area contributed by atoms with Crippen molar-refractivity contribution in [3.05, 3.63) is 59.9 Å².